The van der Waals surface area contributed by atoms with Gasteiger partial charge in [0.2, 0.25) is 11.7 Å². The summed E-state index contributed by atoms with van der Waals surface area (Å²) in [6.07, 6.45) is 11.2. The molecule has 43 heavy (non-hydrogen) atoms. The lowest BCUT2D eigenvalue weighted by molar-refractivity contribution is -0.130. The van der Waals surface area contributed by atoms with Crippen molar-refractivity contribution in [1.29, 1.82) is 0 Å². The van der Waals surface area contributed by atoms with Gasteiger partial charge in [-0.2, -0.15) is 5.10 Å². The minimum absolute atomic E-state index is 0.0508. The van der Waals surface area contributed by atoms with Crippen LogP contribution in [0, 0.1) is 11.8 Å². The SMILES string of the molecule is CCN(CC)c1ccc(C2=C(O)/C(=C3/C(=O)N(C(C)(C)C)N=C3CC3CCCC3)C2=O)c(NC(=O)CCC2CCCC2)c1. The molecule has 1 aromatic carbocycles. The van der Waals surface area contributed by atoms with Gasteiger partial charge in [0.15, 0.2) is 0 Å². The average Bonchev–Trinajstić information content (AvgIpc) is 3.73. The number of hydrogen-bond acceptors (Lipinski definition) is 6. The first-order chi connectivity index (χ1) is 20.5. The summed E-state index contributed by atoms with van der Waals surface area (Å²) >= 11 is 0. The van der Waals surface area contributed by atoms with E-state index in [1.54, 1.807) is 6.07 Å². The molecule has 8 heteroatoms. The Labute approximate surface area is 256 Å². The third kappa shape index (κ3) is 6.29. The lowest BCUT2D eigenvalue weighted by atomic mass is 9.78. The van der Waals surface area contributed by atoms with Crippen LogP contribution >= 0.6 is 0 Å². The van der Waals surface area contributed by atoms with Crippen molar-refractivity contribution in [3.05, 3.63) is 40.7 Å². The molecule has 2 saturated carbocycles. The Bertz CT molecular complexity index is 1370. The third-order valence-corrected chi connectivity index (χ3v) is 9.61. The number of hydrazone groups is 1. The molecule has 0 aromatic heterocycles. The molecule has 0 radical (unpaired) electrons. The highest BCUT2D eigenvalue weighted by Gasteiger charge is 2.46. The number of hydrogen-bond donors (Lipinski definition) is 2. The van der Waals surface area contributed by atoms with Crippen molar-refractivity contribution in [2.45, 2.75) is 111 Å². The summed E-state index contributed by atoms with van der Waals surface area (Å²) in [5.74, 6) is 0.00691. The Morgan fingerprint density at radius 3 is 2.19 bits per heavy atom. The predicted molar refractivity (Wildman–Crippen MR) is 172 cm³/mol. The predicted octanol–water partition coefficient (Wildman–Crippen LogP) is 7.17. The number of benzene rings is 1. The van der Waals surface area contributed by atoms with Gasteiger partial charge in [0, 0.05) is 30.8 Å². The number of carbonyl (C=O) groups is 3. The van der Waals surface area contributed by atoms with Crippen LogP contribution in [0.4, 0.5) is 11.4 Å². The van der Waals surface area contributed by atoms with Gasteiger partial charge < -0.3 is 15.3 Å². The highest BCUT2D eigenvalue weighted by molar-refractivity contribution is 6.44. The molecule has 0 bridgehead atoms. The third-order valence-electron chi connectivity index (χ3n) is 9.61. The fraction of sp³-hybridized carbons (Fsp3) is 0.600. The van der Waals surface area contributed by atoms with E-state index in [2.05, 4.69) is 24.1 Å². The zero-order valence-corrected chi connectivity index (χ0v) is 26.6. The van der Waals surface area contributed by atoms with Crippen LogP contribution in [-0.4, -0.2) is 52.1 Å². The monoisotopic (exact) mass is 588 g/mol. The molecule has 4 aliphatic rings. The normalized spacial score (nSPS) is 21.6. The minimum atomic E-state index is -0.564. The van der Waals surface area contributed by atoms with Gasteiger partial charge in [0.1, 0.15) is 5.76 Å². The molecule has 2 amide bonds. The Morgan fingerprint density at radius 1 is 0.977 bits per heavy atom. The molecule has 8 nitrogen and oxygen atoms in total. The van der Waals surface area contributed by atoms with Gasteiger partial charge in [0.25, 0.3) is 5.91 Å². The van der Waals surface area contributed by atoms with E-state index in [4.69, 9.17) is 5.10 Å². The molecule has 0 saturated heterocycles. The quantitative estimate of drug-likeness (QED) is 0.282. The fourth-order valence-electron chi connectivity index (χ4n) is 7.15. The summed E-state index contributed by atoms with van der Waals surface area (Å²) in [5.41, 5.74) is 2.37. The van der Waals surface area contributed by atoms with Crippen LogP contribution in [-0.2, 0) is 14.4 Å². The number of Topliss-reactive ketones (excluding diaryl/α,β-unsaturated/α-hetero) is 1. The molecule has 5 rings (SSSR count). The zero-order chi connectivity index (χ0) is 30.9. The highest BCUT2D eigenvalue weighted by Crippen LogP contribution is 2.44. The summed E-state index contributed by atoms with van der Waals surface area (Å²) < 4.78 is 0. The first kappa shape index (κ1) is 31.0. The molecular formula is C35H48N4O4. The number of ketones is 1. The number of nitrogens with zero attached hydrogens (tertiary/aromatic N) is 3. The Balaban J connectivity index is 1.50. The number of aliphatic hydroxyl groups is 1. The second-order valence-electron chi connectivity index (χ2n) is 13.6. The summed E-state index contributed by atoms with van der Waals surface area (Å²) in [7, 11) is 0. The van der Waals surface area contributed by atoms with Crippen LogP contribution in [0.2, 0.25) is 0 Å². The molecule has 3 aliphatic carbocycles. The molecule has 0 unspecified atom stereocenters. The number of rotatable bonds is 10. The number of anilines is 2. The molecule has 1 heterocycles. The van der Waals surface area contributed by atoms with E-state index < -0.39 is 5.54 Å². The van der Waals surface area contributed by atoms with Gasteiger partial charge in [0.05, 0.1) is 33.7 Å². The van der Waals surface area contributed by atoms with E-state index in [9.17, 15) is 19.5 Å². The maximum atomic E-state index is 13.9. The number of carbonyl (C=O) groups excluding carboxylic acids is 3. The smallest absolute Gasteiger partial charge is 0.277 e. The summed E-state index contributed by atoms with van der Waals surface area (Å²) in [5, 5.41) is 20.7. The van der Waals surface area contributed by atoms with E-state index >= 15 is 0 Å². The van der Waals surface area contributed by atoms with Crippen LogP contribution < -0.4 is 10.2 Å². The molecule has 2 fully saturated rings. The van der Waals surface area contributed by atoms with Gasteiger partial charge in [-0.05, 0) is 77.5 Å². The lowest BCUT2D eigenvalue weighted by Crippen LogP contribution is -2.40. The van der Waals surface area contributed by atoms with E-state index in [0.29, 0.717) is 41.6 Å². The first-order valence-electron chi connectivity index (χ1n) is 16.4. The van der Waals surface area contributed by atoms with Crippen LogP contribution in [0.15, 0.2) is 40.2 Å². The summed E-state index contributed by atoms with van der Waals surface area (Å²) in [6.45, 7) is 11.5. The number of nitrogens with one attached hydrogen (secondary N) is 1. The van der Waals surface area contributed by atoms with Crippen LogP contribution in [0.5, 0.6) is 0 Å². The molecule has 1 aromatic rings. The molecule has 0 atom stereocenters. The van der Waals surface area contributed by atoms with E-state index in [1.165, 1.54) is 30.7 Å². The minimum Gasteiger partial charge on any atom is -0.506 e. The number of amides is 2. The molecular weight excluding hydrogens is 540 g/mol. The van der Waals surface area contributed by atoms with Crippen LogP contribution in [0.3, 0.4) is 0 Å². The van der Waals surface area contributed by atoms with Crippen molar-refractivity contribution < 1.29 is 19.5 Å². The number of allylic oxidation sites excluding steroid dienone is 2. The molecule has 1 aliphatic heterocycles. The first-order valence-corrected chi connectivity index (χ1v) is 16.4. The van der Waals surface area contributed by atoms with Crippen molar-refractivity contribution >= 4 is 40.3 Å². The van der Waals surface area contributed by atoms with Crippen LogP contribution in [0.1, 0.15) is 111 Å². The largest absolute Gasteiger partial charge is 0.506 e. The van der Waals surface area contributed by atoms with Gasteiger partial charge in [-0.15, -0.1) is 0 Å². The maximum absolute atomic E-state index is 13.9. The summed E-state index contributed by atoms with van der Waals surface area (Å²) in [6, 6.07) is 5.62. The lowest BCUT2D eigenvalue weighted by Gasteiger charge is -2.29. The van der Waals surface area contributed by atoms with Crippen molar-refractivity contribution in [1.82, 2.24) is 5.01 Å². The van der Waals surface area contributed by atoms with Crippen molar-refractivity contribution in [3.8, 4) is 0 Å². The van der Waals surface area contributed by atoms with Crippen molar-refractivity contribution in [2.24, 2.45) is 16.9 Å². The highest BCUT2D eigenvalue weighted by atomic mass is 16.3. The summed E-state index contributed by atoms with van der Waals surface area (Å²) in [4.78, 5) is 42.9. The average molecular weight is 589 g/mol. The van der Waals surface area contributed by atoms with Crippen LogP contribution in [0.25, 0.3) is 5.57 Å². The molecule has 2 N–H and O–H groups in total. The second-order valence-corrected chi connectivity index (χ2v) is 13.6. The van der Waals surface area contributed by atoms with E-state index in [1.807, 2.05) is 32.9 Å². The number of aliphatic hydroxyl groups excluding tert-OH is 1. The van der Waals surface area contributed by atoms with E-state index in [0.717, 1.165) is 50.9 Å². The van der Waals surface area contributed by atoms with Gasteiger partial charge in [-0.3, -0.25) is 14.4 Å². The van der Waals surface area contributed by atoms with Gasteiger partial charge in [-0.25, -0.2) is 5.01 Å². The van der Waals surface area contributed by atoms with E-state index in [-0.39, 0.29) is 40.1 Å². The van der Waals surface area contributed by atoms with Gasteiger partial charge >= 0.3 is 0 Å². The Hall–Kier alpha value is -3.42. The fourth-order valence-corrected chi connectivity index (χ4v) is 7.15. The standard InChI is InChI=1S/C35H48N4O4/c1-6-38(7-2)24-17-18-25(26(21-24)36-28(40)19-16-22-12-8-9-13-22)29-32(41)31(33(29)42)30-27(20-23-14-10-11-15-23)37-39(34(30)43)35(3,4)5/h17-18,21-23,41H,6-16,19-20H2,1-5H3,(H,36,40)/b31-30-. The Kier molecular flexibility index (Phi) is 9.14. The second kappa shape index (κ2) is 12.7. The topological polar surface area (TPSA) is 102 Å². The zero-order valence-electron chi connectivity index (χ0n) is 26.6. The van der Waals surface area contributed by atoms with Gasteiger partial charge in [-0.1, -0.05) is 51.4 Å². The van der Waals surface area contributed by atoms with Crippen molar-refractivity contribution in [3.63, 3.8) is 0 Å². The van der Waals surface area contributed by atoms with Crippen molar-refractivity contribution in [2.75, 3.05) is 23.3 Å². The molecule has 232 valence electrons. The Morgan fingerprint density at radius 2 is 1.60 bits per heavy atom. The molecule has 0 spiro atoms. The maximum Gasteiger partial charge on any atom is 0.277 e.